The lowest BCUT2D eigenvalue weighted by molar-refractivity contribution is 0.143. The van der Waals surface area contributed by atoms with Crippen LogP contribution in [0.4, 0.5) is 4.39 Å². The van der Waals surface area contributed by atoms with Crippen molar-refractivity contribution in [1.82, 2.24) is 0 Å². The zero-order valence-corrected chi connectivity index (χ0v) is 9.67. The standard InChI is InChI=1S/C10H9BrFNO2/c1-14-4-5-15-8-3-2-7(6-13)9(11)10(8)12/h2-3H,4-5H2,1H3. The van der Waals surface area contributed by atoms with Gasteiger partial charge in [0.25, 0.3) is 0 Å². The van der Waals surface area contributed by atoms with Crippen LogP contribution in [-0.2, 0) is 4.74 Å². The van der Waals surface area contributed by atoms with Gasteiger partial charge in [0, 0.05) is 7.11 Å². The summed E-state index contributed by atoms with van der Waals surface area (Å²) in [5.41, 5.74) is 0.242. The van der Waals surface area contributed by atoms with Crippen LogP contribution in [0, 0.1) is 17.1 Å². The fraction of sp³-hybridized carbons (Fsp3) is 0.300. The van der Waals surface area contributed by atoms with Crippen LogP contribution in [0.5, 0.6) is 5.75 Å². The van der Waals surface area contributed by atoms with Gasteiger partial charge in [-0.05, 0) is 28.1 Å². The number of hydrogen-bond donors (Lipinski definition) is 0. The molecule has 0 spiro atoms. The second kappa shape index (κ2) is 5.69. The summed E-state index contributed by atoms with van der Waals surface area (Å²) in [6.07, 6.45) is 0. The average Bonchev–Trinajstić information content (AvgIpc) is 2.25. The fourth-order valence-electron chi connectivity index (χ4n) is 0.965. The van der Waals surface area contributed by atoms with Crippen molar-refractivity contribution >= 4 is 15.9 Å². The molecular weight excluding hydrogens is 265 g/mol. The van der Waals surface area contributed by atoms with Crippen molar-refractivity contribution in [1.29, 1.82) is 5.26 Å². The largest absolute Gasteiger partial charge is 0.488 e. The van der Waals surface area contributed by atoms with Crippen molar-refractivity contribution in [3.63, 3.8) is 0 Å². The van der Waals surface area contributed by atoms with Crippen LogP contribution in [0.3, 0.4) is 0 Å². The lowest BCUT2D eigenvalue weighted by Crippen LogP contribution is -2.05. The van der Waals surface area contributed by atoms with Crippen LogP contribution >= 0.6 is 15.9 Å². The third kappa shape index (κ3) is 2.91. The van der Waals surface area contributed by atoms with Gasteiger partial charge in [0.15, 0.2) is 11.6 Å². The predicted molar refractivity (Wildman–Crippen MR) is 56.2 cm³/mol. The molecule has 0 amide bonds. The molecule has 0 unspecified atom stereocenters. The molecule has 0 aliphatic carbocycles. The topological polar surface area (TPSA) is 42.2 Å². The molecular formula is C10H9BrFNO2. The Morgan fingerprint density at radius 2 is 2.20 bits per heavy atom. The summed E-state index contributed by atoms with van der Waals surface area (Å²) in [7, 11) is 1.54. The first-order chi connectivity index (χ1) is 7.20. The van der Waals surface area contributed by atoms with E-state index in [1.54, 1.807) is 0 Å². The normalized spacial score (nSPS) is 9.73. The van der Waals surface area contributed by atoms with E-state index in [9.17, 15) is 4.39 Å². The Morgan fingerprint density at radius 3 is 2.80 bits per heavy atom. The lowest BCUT2D eigenvalue weighted by Gasteiger charge is -2.07. The Balaban J connectivity index is 2.83. The van der Waals surface area contributed by atoms with Gasteiger partial charge in [-0.3, -0.25) is 0 Å². The van der Waals surface area contributed by atoms with Crippen LogP contribution in [0.2, 0.25) is 0 Å². The Bertz CT molecular complexity index is 390. The van der Waals surface area contributed by atoms with E-state index in [1.165, 1.54) is 19.2 Å². The van der Waals surface area contributed by atoms with Crippen molar-refractivity contribution in [3.05, 3.63) is 28.0 Å². The molecule has 80 valence electrons. The van der Waals surface area contributed by atoms with Gasteiger partial charge >= 0.3 is 0 Å². The molecule has 5 heteroatoms. The molecule has 0 bridgehead atoms. The van der Waals surface area contributed by atoms with E-state index in [0.717, 1.165) is 0 Å². The Kier molecular flexibility index (Phi) is 4.53. The van der Waals surface area contributed by atoms with E-state index in [4.69, 9.17) is 14.7 Å². The van der Waals surface area contributed by atoms with Crippen molar-refractivity contribution in [2.45, 2.75) is 0 Å². The lowest BCUT2D eigenvalue weighted by atomic mass is 10.2. The van der Waals surface area contributed by atoms with E-state index in [0.29, 0.717) is 6.61 Å². The highest BCUT2D eigenvalue weighted by Crippen LogP contribution is 2.28. The molecule has 0 aliphatic heterocycles. The SMILES string of the molecule is COCCOc1ccc(C#N)c(Br)c1F. The van der Waals surface area contributed by atoms with E-state index in [1.807, 2.05) is 6.07 Å². The maximum atomic E-state index is 13.5. The maximum absolute atomic E-state index is 13.5. The van der Waals surface area contributed by atoms with Gasteiger partial charge < -0.3 is 9.47 Å². The highest BCUT2D eigenvalue weighted by Gasteiger charge is 2.11. The van der Waals surface area contributed by atoms with E-state index in [-0.39, 0.29) is 22.4 Å². The number of benzene rings is 1. The van der Waals surface area contributed by atoms with Crippen LogP contribution in [0.25, 0.3) is 0 Å². The van der Waals surface area contributed by atoms with Crippen LogP contribution < -0.4 is 4.74 Å². The summed E-state index contributed by atoms with van der Waals surface area (Å²) < 4.78 is 23.5. The number of rotatable bonds is 4. The number of hydrogen-bond acceptors (Lipinski definition) is 3. The smallest absolute Gasteiger partial charge is 0.180 e. The number of nitriles is 1. The third-order valence-corrected chi connectivity index (χ3v) is 2.49. The summed E-state index contributed by atoms with van der Waals surface area (Å²) in [4.78, 5) is 0. The first kappa shape index (κ1) is 12.0. The number of halogens is 2. The number of nitrogens with zero attached hydrogens (tertiary/aromatic N) is 1. The highest BCUT2D eigenvalue weighted by atomic mass is 79.9. The van der Waals surface area contributed by atoms with Crippen molar-refractivity contribution < 1.29 is 13.9 Å². The van der Waals surface area contributed by atoms with Crippen LogP contribution in [0.1, 0.15) is 5.56 Å². The molecule has 15 heavy (non-hydrogen) atoms. The summed E-state index contributed by atoms with van der Waals surface area (Å²) >= 11 is 2.99. The first-order valence-corrected chi connectivity index (χ1v) is 4.99. The molecule has 1 aromatic rings. The minimum absolute atomic E-state index is 0.109. The molecule has 0 saturated heterocycles. The quantitative estimate of drug-likeness (QED) is 0.792. The van der Waals surface area contributed by atoms with E-state index in [2.05, 4.69) is 15.9 Å². The number of methoxy groups -OCH3 is 1. The monoisotopic (exact) mass is 273 g/mol. The third-order valence-electron chi connectivity index (χ3n) is 1.71. The summed E-state index contributed by atoms with van der Waals surface area (Å²) in [5.74, 6) is -0.455. The zero-order valence-electron chi connectivity index (χ0n) is 8.09. The van der Waals surface area contributed by atoms with E-state index < -0.39 is 5.82 Å². The van der Waals surface area contributed by atoms with Gasteiger partial charge in [0.2, 0.25) is 0 Å². The van der Waals surface area contributed by atoms with Gasteiger partial charge in [-0.2, -0.15) is 5.26 Å². The van der Waals surface area contributed by atoms with Crippen molar-refractivity contribution in [3.8, 4) is 11.8 Å². The minimum Gasteiger partial charge on any atom is -0.488 e. The summed E-state index contributed by atoms with van der Waals surface area (Å²) in [6, 6.07) is 4.78. The van der Waals surface area contributed by atoms with Gasteiger partial charge in [0.1, 0.15) is 12.7 Å². The Hall–Kier alpha value is -1.12. The molecule has 0 atom stereocenters. The molecule has 1 rings (SSSR count). The molecule has 3 nitrogen and oxygen atoms in total. The molecule has 0 heterocycles. The number of ether oxygens (including phenoxy) is 2. The highest BCUT2D eigenvalue weighted by molar-refractivity contribution is 9.10. The second-order valence-electron chi connectivity index (χ2n) is 2.69. The maximum Gasteiger partial charge on any atom is 0.180 e. The van der Waals surface area contributed by atoms with Gasteiger partial charge in [0.05, 0.1) is 16.6 Å². The first-order valence-electron chi connectivity index (χ1n) is 4.20. The molecule has 0 N–H and O–H groups in total. The van der Waals surface area contributed by atoms with Crippen molar-refractivity contribution in [2.75, 3.05) is 20.3 Å². The van der Waals surface area contributed by atoms with E-state index >= 15 is 0 Å². The Morgan fingerprint density at radius 1 is 1.47 bits per heavy atom. The summed E-state index contributed by atoms with van der Waals surface area (Å²) in [5, 5.41) is 8.64. The Labute approximate surface area is 95.5 Å². The van der Waals surface area contributed by atoms with Gasteiger partial charge in [-0.15, -0.1) is 0 Å². The van der Waals surface area contributed by atoms with Crippen LogP contribution in [-0.4, -0.2) is 20.3 Å². The minimum atomic E-state index is -0.565. The predicted octanol–water partition coefficient (Wildman–Crippen LogP) is 2.49. The molecule has 0 aromatic heterocycles. The molecule has 1 aromatic carbocycles. The molecule has 0 fully saturated rings. The van der Waals surface area contributed by atoms with Gasteiger partial charge in [-0.25, -0.2) is 4.39 Å². The molecule has 0 aliphatic rings. The van der Waals surface area contributed by atoms with Gasteiger partial charge in [-0.1, -0.05) is 0 Å². The molecule has 0 radical (unpaired) electrons. The zero-order chi connectivity index (χ0) is 11.3. The molecule has 0 saturated carbocycles. The fourth-order valence-corrected chi connectivity index (χ4v) is 1.38. The second-order valence-corrected chi connectivity index (χ2v) is 3.49. The summed E-state index contributed by atoms with van der Waals surface area (Å²) in [6.45, 7) is 0.656. The average molecular weight is 274 g/mol. The van der Waals surface area contributed by atoms with Crippen LogP contribution in [0.15, 0.2) is 16.6 Å². The van der Waals surface area contributed by atoms with Crippen molar-refractivity contribution in [2.24, 2.45) is 0 Å².